The average Bonchev–Trinajstić information content (AvgIpc) is 2.88. The topological polar surface area (TPSA) is 46.2 Å². The third-order valence-electron chi connectivity index (χ3n) is 6.00. The molecule has 3 aromatic carbocycles. The minimum absolute atomic E-state index is 0.227. The number of thioether (sulfide) groups is 1. The van der Waals surface area contributed by atoms with Gasteiger partial charge in [0.2, 0.25) is 0 Å². The maximum absolute atomic E-state index is 6.56. The van der Waals surface area contributed by atoms with Crippen molar-refractivity contribution < 1.29 is 23.5 Å². The summed E-state index contributed by atoms with van der Waals surface area (Å²) in [4.78, 5) is 1.12. The van der Waals surface area contributed by atoms with Gasteiger partial charge in [-0.1, -0.05) is 90.6 Å². The van der Waals surface area contributed by atoms with Gasteiger partial charge in [0.1, 0.15) is 23.7 Å². The molecule has 2 aliphatic rings. The fourth-order valence-corrected chi connectivity index (χ4v) is 5.44. The highest BCUT2D eigenvalue weighted by molar-refractivity contribution is 7.99. The van der Waals surface area contributed by atoms with E-state index in [4.69, 9.17) is 23.5 Å². The van der Waals surface area contributed by atoms with E-state index in [2.05, 4.69) is 36.4 Å². The van der Waals surface area contributed by atoms with Crippen molar-refractivity contribution in [3.05, 3.63) is 102 Å². The first kappa shape index (κ1) is 23.6. The van der Waals surface area contributed by atoms with Crippen LogP contribution in [0.1, 0.15) is 11.1 Å². The van der Waals surface area contributed by atoms with Crippen LogP contribution in [0.2, 0.25) is 6.82 Å². The number of hydrogen-bond acceptors (Lipinski definition) is 6. The molecular formula is C27H29BO5S. The number of hydrogen-bond donors (Lipinski definition) is 0. The third-order valence-corrected chi connectivity index (χ3v) is 7.16. The van der Waals surface area contributed by atoms with Crippen molar-refractivity contribution in [1.29, 1.82) is 0 Å². The lowest BCUT2D eigenvalue weighted by molar-refractivity contribution is -0.244. The van der Waals surface area contributed by atoms with Gasteiger partial charge in [0.25, 0.3) is 0 Å². The van der Waals surface area contributed by atoms with Crippen LogP contribution in [-0.4, -0.2) is 43.6 Å². The molecule has 5 nitrogen and oxygen atoms in total. The van der Waals surface area contributed by atoms with Crippen LogP contribution in [0.4, 0.5) is 0 Å². The van der Waals surface area contributed by atoms with Crippen LogP contribution in [0.15, 0.2) is 95.9 Å². The largest absolute Gasteiger partial charge is 0.454 e. The Hall–Kier alpha value is -2.13. The molecule has 0 saturated carbocycles. The SMILES string of the molecule is CB1OCC2O[C@@H](Sc3ccccc3)C(OCc3ccccc3)[C@H](OCc3ccccc3)[C@H]2O1. The summed E-state index contributed by atoms with van der Waals surface area (Å²) in [6.45, 7) is 3.32. The van der Waals surface area contributed by atoms with E-state index in [1.54, 1.807) is 11.8 Å². The van der Waals surface area contributed by atoms with Crippen LogP contribution in [0.25, 0.3) is 0 Å². The second-order valence-electron chi connectivity index (χ2n) is 8.50. The summed E-state index contributed by atoms with van der Waals surface area (Å²) in [5, 5.41) is 0. The Morgan fingerprint density at radius 1 is 0.794 bits per heavy atom. The number of ether oxygens (including phenoxy) is 3. The van der Waals surface area contributed by atoms with Gasteiger partial charge in [-0.3, -0.25) is 0 Å². The van der Waals surface area contributed by atoms with Gasteiger partial charge < -0.3 is 23.5 Å². The van der Waals surface area contributed by atoms with Crippen LogP contribution >= 0.6 is 11.8 Å². The van der Waals surface area contributed by atoms with Gasteiger partial charge in [-0.25, -0.2) is 0 Å². The normalized spacial score (nSPS) is 26.7. The minimum Gasteiger partial charge on any atom is -0.408 e. The van der Waals surface area contributed by atoms with Gasteiger partial charge >= 0.3 is 7.12 Å². The average molecular weight is 476 g/mol. The van der Waals surface area contributed by atoms with E-state index >= 15 is 0 Å². The van der Waals surface area contributed by atoms with Crippen LogP contribution in [0.5, 0.6) is 0 Å². The van der Waals surface area contributed by atoms with Gasteiger partial charge in [-0.05, 0) is 30.1 Å². The predicted molar refractivity (Wildman–Crippen MR) is 133 cm³/mol. The third kappa shape index (κ3) is 5.92. The zero-order chi connectivity index (χ0) is 23.2. The summed E-state index contributed by atoms with van der Waals surface area (Å²) in [5.41, 5.74) is 1.95. The van der Waals surface area contributed by atoms with E-state index < -0.39 is 0 Å². The highest BCUT2D eigenvalue weighted by Crippen LogP contribution is 2.39. The Morgan fingerprint density at radius 2 is 1.35 bits per heavy atom. The Morgan fingerprint density at radius 3 is 1.97 bits per heavy atom. The smallest absolute Gasteiger partial charge is 0.408 e. The van der Waals surface area contributed by atoms with Crippen LogP contribution in [0, 0.1) is 0 Å². The molecule has 5 atom stereocenters. The molecule has 5 rings (SSSR count). The molecule has 2 saturated heterocycles. The molecule has 0 amide bonds. The van der Waals surface area contributed by atoms with Gasteiger partial charge in [-0.2, -0.15) is 0 Å². The molecule has 2 heterocycles. The number of benzene rings is 3. The maximum Gasteiger partial charge on any atom is 0.454 e. The van der Waals surface area contributed by atoms with Crippen molar-refractivity contribution in [1.82, 2.24) is 0 Å². The van der Waals surface area contributed by atoms with Crippen molar-refractivity contribution in [2.24, 2.45) is 0 Å². The van der Waals surface area contributed by atoms with Gasteiger partial charge in [0, 0.05) is 4.90 Å². The van der Waals surface area contributed by atoms with E-state index in [0.29, 0.717) is 19.8 Å². The lowest BCUT2D eigenvalue weighted by Crippen LogP contribution is -2.63. The molecule has 0 aliphatic carbocycles. The predicted octanol–water partition coefficient (Wildman–Crippen LogP) is 5.21. The van der Waals surface area contributed by atoms with Gasteiger partial charge in [-0.15, -0.1) is 0 Å². The van der Waals surface area contributed by atoms with Crippen LogP contribution < -0.4 is 0 Å². The summed E-state index contributed by atoms with van der Waals surface area (Å²) >= 11 is 1.65. The molecule has 2 unspecified atom stereocenters. The fourth-order valence-electron chi connectivity index (χ4n) is 4.30. The summed E-state index contributed by atoms with van der Waals surface area (Å²) in [7, 11) is -0.319. The second kappa shape index (κ2) is 11.5. The van der Waals surface area contributed by atoms with Crippen molar-refractivity contribution in [3.8, 4) is 0 Å². The zero-order valence-corrected chi connectivity index (χ0v) is 20.0. The molecule has 7 heteroatoms. The molecule has 0 spiro atoms. The first-order valence-corrected chi connectivity index (χ1v) is 12.6. The Bertz CT molecular complexity index is 1010. The minimum atomic E-state index is -0.333. The molecule has 0 aromatic heterocycles. The van der Waals surface area contributed by atoms with Crippen molar-refractivity contribution in [3.63, 3.8) is 0 Å². The Kier molecular flexibility index (Phi) is 8.01. The highest BCUT2D eigenvalue weighted by Gasteiger charge is 2.51. The molecule has 3 aromatic rings. The van der Waals surface area contributed by atoms with E-state index in [0.717, 1.165) is 16.0 Å². The molecule has 0 radical (unpaired) electrons. The zero-order valence-electron chi connectivity index (χ0n) is 19.2. The van der Waals surface area contributed by atoms with Gasteiger partial charge in [0.15, 0.2) is 0 Å². The number of fused-ring (bicyclic) bond motifs is 1. The quantitative estimate of drug-likeness (QED) is 0.416. The Labute approximate surface area is 205 Å². The number of rotatable bonds is 8. The molecule has 2 aliphatic heterocycles. The summed E-state index contributed by atoms with van der Waals surface area (Å²) in [6.07, 6.45) is -1.15. The first-order chi connectivity index (χ1) is 16.8. The molecule has 34 heavy (non-hydrogen) atoms. The monoisotopic (exact) mass is 476 g/mol. The van der Waals surface area contributed by atoms with E-state index in [1.165, 1.54) is 0 Å². The highest BCUT2D eigenvalue weighted by atomic mass is 32.2. The first-order valence-electron chi connectivity index (χ1n) is 11.7. The van der Waals surface area contributed by atoms with E-state index in [1.807, 2.05) is 61.4 Å². The summed E-state index contributed by atoms with van der Waals surface area (Å²) in [5.74, 6) is 0. The lowest BCUT2D eigenvalue weighted by Gasteiger charge is -2.48. The van der Waals surface area contributed by atoms with Crippen LogP contribution in [-0.2, 0) is 36.7 Å². The summed E-state index contributed by atoms with van der Waals surface area (Å²) in [6, 6.07) is 30.6. The Balaban J connectivity index is 1.41. The summed E-state index contributed by atoms with van der Waals surface area (Å²) < 4.78 is 31.6. The fraction of sp³-hybridized carbons (Fsp3) is 0.333. The second-order valence-corrected chi connectivity index (χ2v) is 9.67. The standard InChI is InChI=1S/C27H29BO5S/c1-28-31-19-23-24(33-28)25(29-17-20-11-5-2-6-12-20)26(30-18-21-13-7-3-8-14-21)27(32-23)34-22-15-9-4-10-16-22/h2-16,23-27H,17-19H2,1H3/t23?,24-,25+,26?,27-/m0/s1. The van der Waals surface area contributed by atoms with E-state index in [9.17, 15) is 0 Å². The van der Waals surface area contributed by atoms with Crippen LogP contribution in [0.3, 0.4) is 0 Å². The maximum atomic E-state index is 6.56. The molecule has 2 fully saturated rings. The molecule has 176 valence electrons. The molecule has 0 N–H and O–H groups in total. The molecule has 0 bridgehead atoms. The van der Waals surface area contributed by atoms with Crippen molar-refractivity contribution in [2.75, 3.05) is 6.61 Å². The van der Waals surface area contributed by atoms with E-state index in [-0.39, 0.29) is 37.0 Å². The van der Waals surface area contributed by atoms with Gasteiger partial charge in [0.05, 0.1) is 25.9 Å². The van der Waals surface area contributed by atoms with Crippen molar-refractivity contribution in [2.45, 2.75) is 54.8 Å². The molecular weight excluding hydrogens is 447 g/mol. The lowest BCUT2D eigenvalue weighted by atomic mass is 9.88. The van der Waals surface area contributed by atoms with Crippen molar-refractivity contribution >= 4 is 18.9 Å².